The first kappa shape index (κ1) is 35.2. The number of ether oxygens (including phenoxy) is 2. The van der Waals surface area contributed by atoms with Gasteiger partial charge >= 0.3 is 48.4 Å². The van der Waals surface area contributed by atoms with Crippen molar-refractivity contribution in [2.45, 2.75) is 54.8 Å². The minimum absolute atomic E-state index is 0.0133. The highest BCUT2D eigenvalue weighted by Gasteiger charge is 2.85. The van der Waals surface area contributed by atoms with Crippen LogP contribution in [0.4, 0.5) is 74.6 Å². The van der Waals surface area contributed by atoms with E-state index in [1.807, 2.05) is 4.74 Å². The van der Waals surface area contributed by atoms with Crippen LogP contribution in [0.15, 0.2) is 0 Å². The average molecular weight is 595 g/mol. The van der Waals surface area contributed by atoms with Crippen molar-refractivity contribution >= 4 is 5.91 Å². The molecule has 0 aliphatic heterocycles. The lowest BCUT2D eigenvalue weighted by Crippen LogP contribution is -2.68. The highest BCUT2D eigenvalue weighted by Crippen LogP contribution is 2.56. The smallest absolute Gasteiger partial charge is 0.351 e. The van der Waals surface area contributed by atoms with Crippen LogP contribution in [0.5, 0.6) is 0 Å². The molecule has 0 saturated heterocycles. The van der Waals surface area contributed by atoms with Crippen LogP contribution in [0.3, 0.4) is 0 Å². The molecule has 0 radical (unpaired) electrons. The van der Waals surface area contributed by atoms with Crippen LogP contribution in [0.1, 0.15) is 6.42 Å². The molecule has 2 atom stereocenters. The van der Waals surface area contributed by atoms with Gasteiger partial charge in [0, 0.05) is 13.0 Å². The van der Waals surface area contributed by atoms with Crippen molar-refractivity contribution in [1.29, 1.82) is 0 Å². The predicted molar refractivity (Wildman–Crippen MR) is 83.4 cm³/mol. The molecule has 37 heavy (non-hydrogen) atoms. The standard InChI is InChI=1S/C15H15F17N2O3/c1-34(2,3)6-4-5-33-7(35)8(16,11(20,21)22)36-15(31,32)10(19,13(26,27)28)37-14(29,30)9(17,18)12(23,24)25/h4-6H2,1-3H3/p+1. The van der Waals surface area contributed by atoms with Crippen molar-refractivity contribution in [2.75, 3.05) is 34.2 Å². The number of amides is 1. The summed E-state index contributed by atoms with van der Waals surface area (Å²) in [5, 5.41) is 0.944. The molecule has 0 rings (SSSR count). The highest BCUT2D eigenvalue weighted by atomic mass is 19.4. The third kappa shape index (κ3) is 7.39. The Labute approximate surface area is 195 Å². The van der Waals surface area contributed by atoms with E-state index in [1.165, 1.54) is 25.9 Å². The third-order valence-electron chi connectivity index (χ3n) is 3.95. The highest BCUT2D eigenvalue weighted by molar-refractivity contribution is 5.84. The lowest BCUT2D eigenvalue weighted by Gasteiger charge is -2.40. The summed E-state index contributed by atoms with van der Waals surface area (Å²) in [7, 11) is 4.45. The maximum absolute atomic E-state index is 14.3. The van der Waals surface area contributed by atoms with Crippen LogP contribution in [0, 0.1) is 0 Å². The second-order valence-corrected chi connectivity index (χ2v) is 8.12. The van der Waals surface area contributed by atoms with E-state index in [0.29, 0.717) is 0 Å². The predicted octanol–water partition coefficient (Wildman–Crippen LogP) is 5.07. The molecule has 0 heterocycles. The average Bonchev–Trinajstić information content (AvgIpc) is 2.60. The molecule has 0 aliphatic rings. The normalized spacial score (nSPS) is 18.3. The number of hydrogen-bond acceptors (Lipinski definition) is 3. The van der Waals surface area contributed by atoms with Crippen LogP contribution in [0.25, 0.3) is 0 Å². The lowest BCUT2D eigenvalue weighted by molar-refractivity contribution is -0.870. The minimum atomic E-state index is -8.02. The van der Waals surface area contributed by atoms with E-state index in [1.54, 1.807) is 0 Å². The molecule has 0 fully saturated rings. The summed E-state index contributed by atoms with van der Waals surface area (Å²) >= 11 is 0. The first-order valence-electron chi connectivity index (χ1n) is 8.99. The van der Waals surface area contributed by atoms with Crippen LogP contribution < -0.4 is 5.32 Å². The van der Waals surface area contributed by atoms with Gasteiger partial charge in [0.2, 0.25) is 0 Å². The molecule has 0 spiro atoms. The number of nitrogens with zero attached hydrogens (tertiary/aromatic N) is 1. The minimum Gasteiger partial charge on any atom is -0.351 e. The monoisotopic (exact) mass is 595 g/mol. The van der Waals surface area contributed by atoms with Crippen LogP contribution in [0.2, 0.25) is 0 Å². The summed E-state index contributed by atoms with van der Waals surface area (Å²) in [6, 6.07) is 0. The molecule has 0 saturated carbocycles. The topological polar surface area (TPSA) is 47.6 Å². The number of alkyl halides is 17. The first-order valence-corrected chi connectivity index (χ1v) is 8.99. The zero-order valence-corrected chi connectivity index (χ0v) is 18.2. The Kier molecular flexibility index (Phi) is 9.54. The Morgan fingerprint density at radius 3 is 1.41 bits per heavy atom. The van der Waals surface area contributed by atoms with E-state index >= 15 is 0 Å². The molecule has 0 aliphatic carbocycles. The van der Waals surface area contributed by atoms with E-state index in [-0.39, 0.29) is 17.4 Å². The third-order valence-corrected chi connectivity index (χ3v) is 3.95. The Morgan fingerprint density at radius 2 is 1.08 bits per heavy atom. The quantitative estimate of drug-likeness (QED) is 0.206. The van der Waals surface area contributed by atoms with E-state index in [4.69, 9.17) is 0 Å². The molecule has 0 aromatic heterocycles. The number of nitrogens with one attached hydrogen (secondary N) is 1. The van der Waals surface area contributed by atoms with Crippen LogP contribution >= 0.6 is 0 Å². The van der Waals surface area contributed by atoms with Crippen molar-refractivity contribution < 1.29 is 93.4 Å². The van der Waals surface area contributed by atoms with Crippen molar-refractivity contribution in [3.05, 3.63) is 0 Å². The lowest BCUT2D eigenvalue weighted by atomic mass is 10.2. The summed E-state index contributed by atoms with van der Waals surface area (Å²) in [5.41, 5.74) is 0. The van der Waals surface area contributed by atoms with Gasteiger partial charge < -0.3 is 9.80 Å². The van der Waals surface area contributed by atoms with Gasteiger partial charge in [-0.25, -0.2) is 0 Å². The number of hydrogen-bond donors (Lipinski definition) is 1. The Morgan fingerprint density at radius 1 is 0.649 bits per heavy atom. The molecular formula is C15H16F17N2O3+. The largest absolute Gasteiger partial charge is 0.462 e. The molecule has 22 heteroatoms. The number of carbonyl (C=O) groups excluding carboxylic acids is 1. The summed E-state index contributed by atoms with van der Waals surface area (Å²) in [5.74, 6) is -26.0. The number of quaternary nitrogens is 1. The molecule has 222 valence electrons. The van der Waals surface area contributed by atoms with E-state index in [0.717, 1.165) is 5.32 Å². The van der Waals surface area contributed by atoms with Gasteiger partial charge in [0.15, 0.2) is 0 Å². The molecule has 2 unspecified atom stereocenters. The fourth-order valence-electron chi connectivity index (χ4n) is 2.03. The summed E-state index contributed by atoms with van der Waals surface area (Å²) in [6.07, 6.45) is -38.8. The van der Waals surface area contributed by atoms with Crippen molar-refractivity contribution in [2.24, 2.45) is 0 Å². The SMILES string of the molecule is C[N+](C)(C)CCCNC(=O)C(F)(OC(F)(F)C(F)(OC(F)(F)C(F)(F)C(F)(F)F)C(F)(F)F)C(F)(F)F. The number of halogens is 17. The van der Waals surface area contributed by atoms with Gasteiger partial charge in [-0.05, 0) is 0 Å². The van der Waals surface area contributed by atoms with Gasteiger partial charge in [0.25, 0.3) is 5.91 Å². The fraction of sp³-hybridized carbons (Fsp3) is 0.933. The van der Waals surface area contributed by atoms with Crippen LogP contribution in [-0.4, -0.2) is 93.0 Å². The number of rotatable bonds is 11. The van der Waals surface area contributed by atoms with Gasteiger partial charge in [-0.2, -0.15) is 74.6 Å². The summed E-state index contributed by atoms with van der Waals surface area (Å²) in [4.78, 5) is 11.5. The van der Waals surface area contributed by atoms with E-state index < -0.39 is 60.8 Å². The molecule has 1 amide bonds. The van der Waals surface area contributed by atoms with Crippen molar-refractivity contribution in [1.82, 2.24) is 5.32 Å². The molecule has 0 bridgehead atoms. The molecule has 5 nitrogen and oxygen atoms in total. The second kappa shape index (κ2) is 10.0. The molecule has 1 N–H and O–H groups in total. The summed E-state index contributed by atoms with van der Waals surface area (Å²) < 4.78 is 225. The maximum Gasteiger partial charge on any atom is 0.462 e. The zero-order valence-electron chi connectivity index (χ0n) is 18.2. The Bertz CT molecular complexity index is 802. The second-order valence-electron chi connectivity index (χ2n) is 8.12. The first-order chi connectivity index (χ1) is 15.8. The summed E-state index contributed by atoms with van der Waals surface area (Å²) in [6.45, 7) is -1.03. The van der Waals surface area contributed by atoms with Gasteiger partial charge in [0.05, 0.1) is 27.7 Å². The van der Waals surface area contributed by atoms with Crippen molar-refractivity contribution in [3.8, 4) is 0 Å². The van der Waals surface area contributed by atoms with Crippen LogP contribution in [-0.2, 0) is 14.3 Å². The van der Waals surface area contributed by atoms with Crippen molar-refractivity contribution in [3.63, 3.8) is 0 Å². The fourth-order valence-corrected chi connectivity index (χ4v) is 2.03. The zero-order chi connectivity index (χ0) is 30.3. The molecule has 0 aromatic rings. The van der Waals surface area contributed by atoms with Gasteiger partial charge in [-0.15, -0.1) is 0 Å². The Hall–Kier alpha value is -1.84. The van der Waals surface area contributed by atoms with Gasteiger partial charge in [-0.1, -0.05) is 0 Å². The molecular weight excluding hydrogens is 579 g/mol. The van der Waals surface area contributed by atoms with E-state index in [2.05, 4.69) is 0 Å². The molecule has 0 aromatic carbocycles. The Balaban J connectivity index is 6.46. The maximum atomic E-state index is 14.3. The van der Waals surface area contributed by atoms with Gasteiger partial charge in [0.1, 0.15) is 0 Å². The van der Waals surface area contributed by atoms with Gasteiger partial charge in [-0.3, -0.25) is 14.3 Å². The number of carbonyl (C=O) groups is 1. The van der Waals surface area contributed by atoms with E-state index in [9.17, 15) is 79.4 Å².